The average Bonchev–Trinajstić information content (AvgIpc) is 3.26. The van der Waals surface area contributed by atoms with Crippen molar-refractivity contribution in [3.8, 4) is 17.1 Å². The van der Waals surface area contributed by atoms with Gasteiger partial charge in [0.1, 0.15) is 5.75 Å². The van der Waals surface area contributed by atoms with Crippen LogP contribution >= 0.6 is 0 Å². The number of benzene rings is 1. The molecule has 1 saturated heterocycles. The van der Waals surface area contributed by atoms with Gasteiger partial charge in [0.2, 0.25) is 17.6 Å². The first-order valence-corrected chi connectivity index (χ1v) is 9.11. The third-order valence-corrected chi connectivity index (χ3v) is 5.22. The van der Waals surface area contributed by atoms with Crippen LogP contribution in [0.25, 0.3) is 11.4 Å². The van der Waals surface area contributed by atoms with Crippen LogP contribution in [0.1, 0.15) is 31.6 Å². The maximum Gasteiger partial charge on any atom is 0.226 e. The Kier molecular flexibility index (Phi) is 4.88. The zero-order valence-electron chi connectivity index (χ0n) is 14.8. The van der Waals surface area contributed by atoms with Crippen molar-refractivity contribution in [2.24, 2.45) is 5.92 Å². The third-order valence-electron chi connectivity index (χ3n) is 5.22. The van der Waals surface area contributed by atoms with E-state index < -0.39 is 0 Å². The summed E-state index contributed by atoms with van der Waals surface area (Å²) in [5.41, 5.74) is 0.793. The molecule has 2 fully saturated rings. The molecule has 7 nitrogen and oxygen atoms in total. The maximum atomic E-state index is 12.1. The van der Waals surface area contributed by atoms with Gasteiger partial charge in [-0.25, -0.2) is 0 Å². The van der Waals surface area contributed by atoms with Gasteiger partial charge in [-0.15, -0.1) is 0 Å². The maximum absolute atomic E-state index is 12.1. The Bertz CT molecular complexity index is 776. The van der Waals surface area contributed by atoms with E-state index in [1.807, 2.05) is 24.3 Å². The van der Waals surface area contributed by atoms with Crippen LogP contribution in [0.4, 0.5) is 0 Å². The van der Waals surface area contributed by atoms with Crippen LogP contribution in [-0.4, -0.2) is 41.9 Å². The summed E-state index contributed by atoms with van der Waals surface area (Å²) < 4.78 is 16.2. The molecule has 0 unspecified atom stereocenters. The molecule has 7 heteroatoms. The van der Waals surface area contributed by atoms with Gasteiger partial charge in [0.25, 0.3) is 0 Å². The third kappa shape index (κ3) is 3.44. The summed E-state index contributed by atoms with van der Waals surface area (Å²) in [7, 11) is 1.61. The number of para-hydroxylation sites is 1. The quantitative estimate of drug-likeness (QED) is 0.819. The summed E-state index contributed by atoms with van der Waals surface area (Å²) in [5.74, 6) is 2.34. The van der Waals surface area contributed by atoms with Crippen LogP contribution in [0, 0.1) is 5.92 Å². The predicted molar refractivity (Wildman–Crippen MR) is 93.6 cm³/mol. The van der Waals surface area contributed by atoms with Crippen LogP contribution in [0.15, 0.2) is 28.8 Å². The lowest BCUT2D eigenvalue weighted by Crippen LogP contribution is -2.53. The number of carbonyl (C=O) groups excluding carboxylic acids is 1. The van der Waals surface area contributed by atoms with E-state index in [0.29, 0.717) is 48.7 Å². The fourth-order valence-electron chi connectivity index (χ4n) is 3.74. The second-order valence-electron chi connectivity index (χ2n) is 6.84. The number of ether oxygens (including phenoxy) is 2. The molecule has 2 aliphatic rings. The summed E-state index contributed by atoms with van der Waals surface area (Å²) in [6, 6.07) is 7.83. The Morgan fingerprint density at radius 2 is 2.27 bits per heavy atom. The van der Waals surface area contributed by atoms with Crippen LogP contribution in [0.5, 0.6) is 5.75 Å². The topological polar surface area (TPSA) is 86.5 Å². The van der Waals surface area contributed by atoms with Crippen LogP contribution in [0.2, 0.25) is 0 Å². The van der Waals surface area contributed by atoms with Crippen molar-refractivity contribution >= 4 is 5.91 Å². The van der Waals surface area contributed by atoms with Gasteiger partial charge >= 0.3 is 0 Å². The first-order valence-electron chi connectivity index (χ1n) is 9.11. The Morgan fingerprint density at radius 1 is 1.38 bits per heavy atom. The van der Waals surface area contributed by atoms with Gasteiger partial charge in [-0.05, 0) is 31.4 Å². The summed E-state index contributed by atoms with van der Waals surface area (Å²) in [6.45, 7) is 0.827. The molecule has 2 heterocycles. The first-order chi connectivity index (χ1) is 12.7. The Morgan fingerprint density at radius 3 is 3.12 bits per heavy atom. The molecule has 1 aromatic heterocycles. The number of hydrogen-bond donors (Lipinski definition) is 1. The summed E-state index contributed by atoms with van der Waals surface area (Å²) >= 11 is 0. The molecule has 0 bridgehead atoms. The predicted octanol–water partition coefficient (Wildman–Crippen LogP) is 2.36. The highest BCUT2D eigenvalue weighted by atomic mass is 16.5. The molecule has 0 spiro atoms. The van der Waals surface area contributed by atoms with Gasteiger partial charge in [-0.1, -0.05) is 17.3 Å². The molecular formula is C19H23N3O4. The largest absolute Gasteiger partial charge is 0.496 e. The fourth-order valence-corrected chi connectivity index (χ4v) is 3.74. The van der Waals surface area contributed by atoms with Crippen molar-refractivity contribution in [1.82, 2.24) is 15.5 Å². The standard InChI is InChI=1S/C19H23N3O4/c1-24-15-6-3-2-5-13(15)19-21-18(26-22-19)8-4-7-17(23)20-14-11-16-12(14)9-10-25-16/h2-3,5-6,12,14,16H,4,7-11H2,1H3,(H,20,23)/t12-,14+,16+/m1/s1. The van der Waals surface area contributed by atoms with Crippen molar-refractivity contribution in [1.29, 1.82) is 0 Å². The molecule has 138 valence electrons. The molecule has 0 radical (unpaired) electrons. The zero-order valence-corrected chi connectivity index (χ0v) is 14.8. The van der Waals surface area contributed by atoms with Gasteiger partial charge in [-0.2, -0.15) is 4.98 Å². The number of amides is 1. The lowest BCUT2D eigenvalue weighted by atomic mass is 9.76. The van der Waals surface area contributed by atoms with Gasteiger partial charge in [0.05, 0.1) is 18.8 Å². The molecule has 1 amide bonds. The minimum Gasteiger partial charge on any atom is -0.496 e. The number of methoxy groups -OCH3 is 1. The SMILES string of the molecule is COc1ccccc1-c1noc(CCCC(=O)N[C@H]2C[C@@H]3OCC[C@H]23)n1. The molecule has 3 atom stereocenters. The molecule has 1 N–H and O–H groups in total. The van der Waals surface area contributed by atoms with E-state index in [0.717, 1.165) is 25.0 Å². The summed E-state index contributed by atoms with van der Waals surface area (Å²) in [5, 5.41) is 7.14. The van der Waals surface area contributed by atoms with Crippen molar-refractivity contribution in [3.05, 3.63) is 30.2 Å². The Labute approximate surface area is 152 Å². The highest BCUT2D eigenvalue weighted by Gasteiger charge is 2.45. The molecule has 26 heavy (non-hydrogen) atoms. The van der Waals surface area contributed by atoms with E-state index in [4.69, 9.17) is 14.0 Å². The van der Waals surface area contributed by atoms with Crippen LogP contribution < -0.4 is 10.1 Å². The van der Waals surface area contributed by atoms with Gasteiger partial charge in [0, 0.05) is 31.4 Å². The van der Waals surface area contributed by atoms with Crippen molar-refractivity contribution in [3.63, 3.8) is 0 Å². The fraction of sp³-hybridized carbons (Fsp3) is 0.526. The van der Waals surface area contributed by atoms with Gasteiger partial charge < -0.3 is 19.3 Å². The molecule has 1 aromatic carbocycles. The van der Waals surface area contributed by atoms with Gasteiger partial charge in [-0.3, -0.25) is 4.79 Å². The monoisotopic (exact) mass is 357 g/mol. The number of nitrogens with one attached hydrogen (secondary N) is 1. The Hall–Kier alpha value is -2.41. The lowest BCUT2D eigenvalue weighted by molar-refractivity contribution is -0.124. The van der Waals surface area contributed by atoms with E-state index in [1.54, 1.807) is 7.11 Å². The molecule has 4 rings (SSSR count). The normalized spacial score (nSPS) is 24.0. The number of aromatic nitrogens is 2. The second kappa shape index (κ2) is 7.45. The number of carbonyl (C=O) groups is 1. The molecular weight excluding hydrogens is 334 g/mol. The lowest BCUT2D eigenvalue weighted by Gasteiger charge is -2.39. The highest BCUT2D eigenvalue weighted by molar-refractivity contribution is 5.76. The number of rotatable bonds is 7. The second-order valence-corrected chi connectivity index (χ2v) is 6.84. The average molecular weight is 357 g/mol. The van der Waals surface area contributed by atoms with E-state index in [1.165, 1.54) is 0 Å². The molecule has 2 aromatic rings. The summed E-state index contributed by atoms with van der Waals surface area (Å²) in [4.78, 5) is 16.5. The van der Waals surface area contributed by atoms with Crippen molar-refractivity contribution in [2.45, 2.75) is 44.2 Å². The summed E-state index contributed by atoms with van der Waals surface area (Å²) in [6.07, 6.45) is 4.09. The van der Waals surface area contributed by atoms with Crippen LogP contribution in [0.3, 0.4) is 0 Å². The number of fused-ring (bicyclic) bond motifs is 1. The van der Waals surface area contributed by atoms with E-state index in [-0.39, 0.29) is 11.9 Å². The zero-order chi connectivity index (χ0) is 17.9. The minimum atomic E-state index is 0.0878. The van der Waals surface area contributed by atoms with Gasteiger partial charge in [0.15, 0.2) is 0 Å². The van der Waals surface area contributed by atoms with E-state index >= 15 is 0 Å². The molecule has 1 aliphatic heterocycles. The Balaban J connectivity index is 1.25. The molecule has 1 saturated carbocycles. The number of nitrogens with zero attached hydrogens (tertiary/aromatic N) is 2. The van der Waals surface area contributed by atoms with E-state index in [9.17, 15) is 4.79 Å². The smallest absolute Gasteiger partial charge is 0.226 e. The highest BCUT2D eigenvalue weighted by Crippen LogP contribution is 2.38. The minimum absolute atomic E-state index is 0.0878. The molecule has 1 aliphatic carbocycles. The number of aryl methyl sites for hydroxylation is 1. The van der Waals surface area contributed by atoms with Crippen molar-refractivity contribution in [2.75, 3.05) is 13.7 Å². The van der Waals surface area contributed by atoms with E-state index in [2.05, 4.69) is 15.5 Å². The number of hydrogen-bond acceptors (Lipinski definition) is 6. The first kappa shape index (κ1) is 17.0. The van der Waals surface area contributed by atoms with Crippen molar-refractivity contribution < 1.29 is 18.8 Å². The van der Waals surface area contributed by atoms with Crippen LogP contribution in [-0.2, 0) is 16.0 Å².